The summed E-state index contributed by atoms with van der Waals surface area (Å²) in [5, 5.41) is 5.03. The molecular formula is C21H25N3O7S. The number of hydrogen-bond donors (Lipinski definition) is 2. The first-order valence-corrected chi connectivity index (χ1v) is 10.4. The summed E-state index contributed by atoms with van der Waals surface area (Å²) in [6.07, 6.45) is 1.69. The largest absolute Gasteiger partial charge is 0.490 e. The number of ether oxygens (including phenoxy) is 3. The molecule has 1 atom stereocenters. The van der Waals surface area contributed by atoms with Crippen LogP contribution in [0.3, 0.4) is 0 Å². The standard InChI is InChI=1S/C21H25N3O7S/c1-2-29-18(26)9-8-17(25)23-21(32)24-11-10-22-20(28)16(24)14-19(27)31-13-12-30-15-6-4-3-5-7-15/h3-9,16H,2,10-14H2,1H3,(H,22,28)(H,23,25,32). The highest BCUT2D eigenvalue weighted by Crippen LogP contribution is 2.11. The maximum absolute atomic E-state index is 12.3. The Hall–Kier alpha value is -3.47. The van der Waals surface area contributed by atoms with Gasteiger partial charge in [-0.05, 0) is 31.3 Å². The first-order chi connectivity index (χ1) is 15.4. The second kappa shape index (κ2) is 13.1. The highest BCUT2D eigenvalue weighted by molar-refractivity contribution is 7.80. The number of hydrogen-bond acceptors (Lipinski definition) is 8. The van der Waals surface area contributed by atoms with Crippen LogP contribution in [0.5, 0.6) is 5.75 Å². The van der Waals surface area contributed by atoms with Gasteiger partial charge < -0.3 is 24.4 Å². The molecular weight excluding hydrogens is 438 g/mol. The highest BCUT2D eigenvalue weighted by Gasteiger charge is 2.34. The topological polar surface area (TPSA) is 123 Å². The van der Waals surface area contributed by atoms with Crippen molar-refractivity contribution in [1.29, 1.82) is 0 Å². The number of rotatable bonds is 9. The molecule has 0 spiro atoms. The second-order valence-corrected chi connectivity index (χ2v) is 6.85. The molecule has 0 aliphatic carbocycles. The first-order valence-electron chi connectivity index (χ1n) is 9.98. The summed E-state index contributed by atoms with van der Waals surface area (Å²) in [7, 11) is 0. The zero-order valence-electron chi connectivity index (χ0n) is 17.6. The maximum atomic E-state index is 12.3. The number of nitrogens with zero attached hydrogens (tertiary/aromatic N) is 1. The Kier molecular flexibility index (Phi) is 10.1. The zero-order valence-corrected chi connectivity index (χ0v) is 18.4. The number of esters is 2. The van der Waals surface area contributed by atoms with Crippen LogP contribution in [0.15, 0.2) is 42.5 Å². The molecule has 2 amide bonds. The maximum Gasteiger partial charge on any atom is 0.330 e. The molecule has 1 aliphatic rings. The third kappa shape index (κ3) is 8.34. The van der Waals surface area contributed by atoms with E-state index >= 15 is 0 Å². The Morgan fingerprint density at radius 2 is 1.94 bits per heavy atom. The molecule has 1 saturated heterocycles. The van der Waals surface area contributed by atoms with Crippen molar-refractivity contribution < 1.29 is 33.4 Å². The molecule has 1 aromatic rings. The Labute approximate surface area is 190 Å². The van der Waals surface area contributed by atoms with Gasteiger partial charge in [-0.25, -0.2) is 4.79 Å². The van der Waals surface area contributed by atoms with E-state index in [1.807, 2.05) is 18.2 Å². The summed E-state index contributed by atoms with van der Waals surface area (Å²) in [6, 6.07) is 8.13. The van der Waals surface area contributed by atoms with Crippen LogP contribution >= 0.6 is 12.2 Å². The summed E-state index contributed by atoms with van der Waals surface area (Å²) in [6.45, 7) is 2.59. The smallest absolute Gasteiger partial charge is 0.330 e. The van der Waals surface area contributed by atoms with E-state index < -0.39 is 29.8 Å². The fourth-order valence-electron chi connectivity index (χ4n) is 2.76. The Balaban J connectivity index is 1.84. The van der Waals surface area contributed by atoms with E-state index in [0.717, 1.165) is 12.2 Å². The third-order valence-corrected chi connectivity index (χ3v) is 4.53. The number of carbonyl (C=O) groups is 4. The second-order valence-electron chi connectivity index (χ2n) is 6.47. The van der Waals surface area contributed by atoms with Crippen molar-refractivity contribution in [3.05, 3.63) is 42.5 Å². The average Bonchev–Trinajstić information content (AvgIpc) is 2.77. The van der Waals surface area contributed by atoms with Gasteiger partial charge in [-0.1, -0.05) is 18.2 Å². The van der Waals surface area contributed by atoms with Crippen LogP contribution < -0.4 is 15.4 Å². The molecule has 1 unspecified atom stereocenters. The number of para-hydroxylation sites is 1. The van der Waals surface area contributed by atoms with Crippen LogP contribution in [-0.4, -0.2) is 72.7 Å². The first kappa shape index (κ1) is 24.8. The predicted octanol–water partition coefficient (Wildman–Crippen LogP) is 0.320. The summed E-state index contributed by atoms with van der Waals surface area (Å²) in [5.41, 5.74) is 0. The number of piperazine rings is 1. The zero-order chi connectivity index (χ0) is 23.3. The van der Waals surface area contributed by atoms with Crippen LogP contribution in [0.1, 0.15) is 13.3 Å². The SMILES string of the molecule is CCOC(=O)C=CC(=O)NC(=S)N1CCNC(=O)C1CC(=O)OCCOc1ccccc1. The van der Waals surface area contributed by atoms with Crippen LogP contribution in [-0.2, 0) is 28.7 Å². The number of benzene rings is 1. The van der Waals surface area contributed by atoms with Crippen LogP contribution in [0.2, 0.25) is 0 Å². The number of amides is 2. The molecule has 32 heavy (non-hydrogen) atoms. The van der Waals surface area contributed by atoms with Gasteiger partial charge in [-0.15, -0.1) is 0 Å². The minimum Gasteiger partial charge on any atom is -0.490 e. The van der Waals surface area contributed by atoms with Crippen LogP contribution in [0, 0.1) is 0 Å². The van der Waals surface area contributed by atoms with Gasteiger partial charge in [0.25, 0.3) is 0 Å². The quantitative estimate of drug-likeness (QED) is 0.231. The fourth-order valence-corrected chi connectivity index (χ4v) is 3.08. The minimum atomic E-state index is -0.937. The Morgan fingerprint density at radius 3 is 2.66 bits per heavy atom. The molecule has 172 valence electrons. The van der Waals surface area contributed by atoms with E-state index in [1.165, 1.54) is 4.90 Å². The average molecular weight is 464 g/mol. The summed E-state index contributed by atoms with van der Waals surface area (Å²) >= 11 is 5.22. The highest BCUT2D eigenvalue weighted by atomic mass is 32.1. The number of carbonyl (C=O) groups excluding carboxylic acids is 4. The van der Waals surface area contributed by atoms with Gasteiger partial charge in [0, 0.05) is 25.2 Å². The van der Waals surface area contributed by atoms with Gasteiger partial charge in [0.1, 0.15) is 25.0 Å². The van der Waals surface area contributed by atoms with E-state index in [2.05, 4.69) is 10.6 Å². The molecule has 2 rings (SSSR count). The summed E-state index contributed by atoms with van der Waals surface area (Å²) in [5.74, 6) is -1.69. The Morgan fingerprint density at radius 1 is 1.19 bits per heavy atom. The molecule has 0 bridgehead atoms. The van der Waals surface area contributed by atoms with Crippen molar-refractivity contribution in [3.63, 3.8) is 0 Å². The molecule has 1 heterocycles. The van der Waals surface area contributed by atoms with E-state index in [-0.39, 0.29) is 31.4 Å². The molecule has 10 nitrogen and oxygen atoms in total. The minimum absolute atomic E-state index is 0.0158. The van der Waals surface area contributed by atoms with Gasteiger partial charge in [0.15, 0.2) is 5.11 Å². The third-order valence-electron chi connectivity index (χ3n) is 4.20. The lowest BCUT2D eigenvalue weighted by molar-refractivity contribution is -0.148. The molecule has 11 heteroatoms. The van der Waals surface area contributed by atoms with Crippen LogP contribution in [0.25, 0.3) is 0 Å². The van der Waals surface area contributed by atoms with E-state index in [9.17, 15) is 19.2 Å². The Bertz CT molecular complexity index is 860. The van der Waals surface area contributed by atoms with Gasteiger partial charge >= 0.3 is 11.9 Å². The summed E-state index contributed by atoms with van der Waals surface area (Å²) < 4.78 is 15.3. The van der Waals surface area contributed by atoms with Gasteiger partial charge in [-0.2, -0.15) is 0 Å². The predicted molar refractivity (Wildman–Crippen MR) is 118 cm³/mol. The normalized spacial score (nSPS) is 15.6. The molecule has 0 radical (unpaired) electrons. The lowest BCUT2D eigenvalue weighted by Crippen LogP contribution is -2.60. The van der Waals surface area contributed by atoms with Gasteiger partial charge in [0.05, 0.1) is 13.0 Å². The molecule has 1 fully saturated rings. The number of thiocarbonyl (C=S) groups is 1. The van der Waals surface area contributed by atoms with Crippen molar-refractivity contribution in [2.24, 2.45) is 0 Å². The van der Waals surface area contributed by atoms with Gasteiger partial charge in [-0.3, -0.25) is 19.7 Å². The van der Waals surface area contributed by atoms with Crippen molar-refractivity contribution in [3.8, 4) is 5.75 Å². The van der Waals surface area contributed by atoms with Crippen LogP contribution in [0.4, 0.5) is 0 Å². The molecule has 0 aromatic heterocycles. The molecule has 1 aliphatic heterocycles. The van der Waals surface area contributed by atoms with Gasteiger partial charge in [0.2, 0.25) is 11.8 Å². The van der Waals surface area contributed by atoms with Crippen molar-refractivity contribution in [1.82, 2.24) is 15.5 Å². The summed E-state index contributed by atoms with van der Waals surface area (Å²) in [4.78, 5) is 49.2. The lowest BCUT2D eigenvalue weighted by Gasteiger charge is -2.36. The van der Waals surface area contributed by atoms with E-state index in [4.69, 9.17) is 26.4 Å². The van der Waals surface area contributed by atoms with Crippen molar-refractivity contribution in [2.45, 2.75) is 19.4 Å². The van der Waals surface area contributed by atoms with Crippen molar-refractivity contribution >= 4 is 41.1 Å². The van der Waals surface area contributed by atoms with E-state index in [1.54, 1.807) is 19.1 Å². The lowest BCUT2D eigenvalue weighted by atomic mass is 10.1. The van der Waals surface area contributed by atoms with Crippen molar-refractivity contribution in [2.75, 3.05) is 32.9 Å². The fraction of sp³-hybridized carbons (Fsp3) is 0.381. The molecule has 0 saturated carbocycles. The van der Waals surface area contributed by atoms with E-state index in [0.29, 0.717) is 18.8 Å². The molecule has 1 aromatic carbocycles. The monoisotopic (exact) mass is 463 g/mol. The molecule has 2 N–H and O–H groups in total. The number of nitrogens with one attached hydrogen (secondary N) is 2.